The Morgan fingerprint density at radius 1 is 1.00 bits per heavy atom. The summed E-state index contributed by atoms with van der Waals surface area (Å²) in [5.74, 6) is 2.46. The van der Waals surface area contributed by atoms with Crippen LogP contribution < -0.4 is 14.8 Å². The highest BCUT2D eigenvalue weighted by Gasteiger charge is 2.22. The van der Waals surface area contributed by atoms with E-state index in [4.69, 9.17) is 14.5 Å². The summed E-state index contributed by atoms with van der Waals surface area (Å²) in [6, 6.07) is 10.1. The van der Waals surface area contributed by atoms with Gasteiger partial charge < -0.3 is 14.8 Å². The quantitative estimate of drug-likeness (QED) is 0.729. The van der Waals surface area contributed by atoms with E-state index in [1.165, 1.54) is 5.56 Å². The molecule has 0 saturated heterocycles. The molecule has 0 bridgehead atoms. The normalized spacial score (nSPS) is 11.7. The first-order valence-corrected chi connectivity index (χ1v) is 8.74. The Hall–Kier alpha value is -2.69. The zero-order valence-electron chi connectivity index (χ0n) is 16.6. The summed E-state index contributed by atoms with van der Waals surface area (Å²) in [5.41, 5.74) is 4.94. The average Bonchev–Trinajstić information content (AvgIpc) is 2.90. The Morgan fingerprint density at radius 2 is 1.73 bits per heavy atom. The van der Waals surface area contributed by atoms with Gasteiger partial charge in [0.1, 0.15) is 28.7 Å². The van der Waals surface area contributed by atoms with E-state index in [9.17, 15) is 0 Å². The molecule has 0 atom stereocenters. The molecule has 5 heteroatoms. The largest absolute Gasteiger partial charge is 0.497 e. The lowest BCUT2D eigenvalue weighted by Crippen LogP contribution is -2.27. The fourth-order valence-electron chi connectivity index (χ4n) is 3.18. The highest BCUT2D eigenvalue weighted by molar-refractivity contribution is 5.81. The van der Waals surface area contributed by atoms with E-state index in [0.717, 1.165) is 39.9 Å². The van der Waals surface area contributed by atoms with Crippen LogP contribution in [0.3, 0.4) is 0 Å². The Balaban J connectivity index is 2.32. The van der Waals surface area contributed by atoms with Crippen LogP contribution in [0.5, 0.6) is 11.5 Å². The number of rotatable bonds is 4. The number of hydrogen-bond acceptors (Lipinski definition) is 4. The van der Waals surface area contributed by atoms with Gasteiger partial charge in [0.25, 0.3) is 0 Å². The number of ether oxygens (including phenoxy) is 2. The predicted octanol–water partition coefficient (Wildman–Crippen LogP) is 4.85. The summed E-state index contributed by atoms with van der Waals surface area (Å²) in [6.07, 6.45) is 0. The minimum atomic E-state index is -0.109. The van der Waals surface area contributed by atoms with Gasteiger partial charge in [-0.1, -0.05) is 0 Å². The third-order valence-electron chi connectivity index (χ3n) is 4.21. The molecule has 2 heterocycles. The zero-order valence-corrected chi connectivity index (χ0v) is 16.6. The Morgan fingerprint density at radius 3 is 2.35 bits per heavy atom. The van der Waals surface area contributed by atoms with Crippen LogP contribution >= 0.6 is 0 Å². The third kappa shape index (κ3) is 3.34. The van der Waals surface area contributed by atoms with Gasteiger partial charge in [0.05, 0.1) is 14.2 Å². The van der Waals surface area contributed by atoms with E-state index in [1.807, 2.05) is 18.2 Å². The van der Waals surface area contributed by atoms with Crippen LogP contribution in [-0.2, 0) is 0 Å². The maximum atomic E-state index is 5.62. The van der Waals surface area contributed by atoms with Gasteiger partial charge in [-0.3, -0.25) is 4.40 Å². The van der Waals surface area contributed by atoms with E-state index < -0.39 is 0 Å². The number of anilines is 1. The summed E-state index contributed by atoms with van der Waals surface area (Å²) in [6.45, 7) is 10.6. The van der Waals surface area contributed by atoms with Crippen molar-refractivity contribution in [1.29, 1.82) is 0 Å². The van der Waals surface area contributed by atoms with Crippen molar-refractivity contribution in [2.45, 2.75) is 40.2 Å². The topological polar surface area (TPSA) is 47.8 Å². The van der Waals surface area contributed by atoms with E-state index in [2.05, 4.69) is 56.5 Å². The smallest absolute Gasteiger partial charge is 0.139 e. The Bertz CT molecular complexity index is 952. The second kappa shape index (κ2) is 6.56. The first-order chi connectivity index (χ1) is 12.2. The number of hydrogen-bond donors (Lipinski definition) is 1. The monoisotopic (exact) mass is 353 g/mol. The Kier molecular flexibility index (Phi) is 4.57. The summed E-state index contributed by atoms with van der Waals surface area (Å²) >= 11 is 0. The lowest BCUT2D eigenvalue weighted by Gasteiger charge is -2.23. The molecule has 0 unspecified atom stereocenters. The molecule has 1 N–H and O–H groups in total. The van der Waals surface area contributed by atoms with Gasteiger partial charge in [-0.05, 0) is 64.4 Å². The minimum Gasteiger partial charge on any atom is -0.497 e. The summed E-state index contributed by atoms with van der Waals surface area (Å²) in [5, 5.41) is 3.63. The van der Waals surface area contributed by atoms with Gasteiger partial charge in [0, 0.05) is 22.9 Å². The molecule has 0 fully saturated rings. The van der Waals surface area contributed by atoms with Gasteiger partial charge in [0.15, 0.2) is 0 Å². The van der Waals surface area contributed by atoms with Crippen LogP contribution in [0.4, 0.5) is 5.82 Å². The maximum Gasteiger partial charge on any atom is 0.139 e. The van der Waals surface area contributed by atoms with Gasteiger partial charge >= 0.3 is 0 Å². The number of nitrogens with one attached hydrogen (secondary N) is 1. The van der Waals surface area contributed by atoms with Crippen LogP contribution in [0.15, 0.2) is 30.3 Å². The van der Waals surface area contributed by atoms with Gasteiger partial charge in [-0.25, -0.2) is 4.98 Å². The number of imidazole rings is 1. The number of nitrogens with zero attached hydrogens (tertiary/aromatic N) is 2. The standard InChI is InChI=1S/C21H27N3O2/c1-13-10-14(2)24-18(11-13)22-19(20(24)23-21(3,4)5)16-9-8-15(25-6)12-17(16)26-7/h8-12,23H,1-7H3. The first kappa shape index (κ1) is 18.1. The average molecular weight is 353 g/mol. The highest BCUT2D eigenvalue weighted by atomic mass is 16.5. The molecule has 2 aromatic heterocycles. The second-order valence-corrected chi connectivity index (χ2v) is 7.62. The molecule has 0 aliphatic heterocycles. The van der Waals surface area contributed by atoms with Crippen molar-refractivity contribution in [1.82, 2.24) is 9.38 Å². The highest BCUT2D eigenvalue weighted by Crippen LogP contribution is 2.38. The molecule has 138 valence electrons. The minimum absolute atomic E-state index is 0.109. The number of fused-ring (bicyclic) bond motifs is 1. The van der Waals surface area contributed by atoms with E-state index in [-0.39, 0.29) is 5.54 Å². The Labute approximate surface area is 155 Å². The van der Waals surface area contributed by atoms with Crippen molar-refractivity contribution in [3.05, 3.63) is 41.6 Å². The maximum absolute atomic E-state index is 5.62. The van der Waals surface area contributed by atoms with Gasteiger partial charge in [0.2, 0.25) is 0 Å². The number of aryl methyl sites for hydroxylation is 2. The molecular formula is C21H27N3O2. The van der Waals surface area contributed by atoms with Gasteiger partial charge in [-0.15, -0.1) is 0 Å². The van der Waals surface area contributed by atoms with Crippen molar-refractivity contribution < 1.29 is 9.47 Å². The van der Waals surface area contributed by atoms with Crippen LogP contribution in [0.2, 0.25) is 0 Å². The van der Waals surface area contributed by atoms with Crippen LogP contribution in [-0.4, -0.2) is 29.1 Å². The van der Waals surface area contributed by atoms with Crippen molar-refractivity contribution in [3.8, 4) is 22.8 Å². The van der Waals surface area contributed by atoms with E-state index >= 15 is 0 Å². The number of methoxy groups -OCH3 is 2. The molecule has 0 spiro atoms. The fourth-order valence-corrected chi connectivity index (χ4v) is 3.18. The third-order valence-corrected chi connectivity index (χ3v) is 4.21. The molecule has 0 saturated carbocycles. The van der Waals surface area contributed by atoms with Crippen LogP contribution in [0, 0.1) is 13.8 Å². The van der Waals surface area contributed by atoms with E-state index in [1.54, 1.807) is 14.2 Å². The summed E-state index contributed by atoms with van der Waals surface area (Å²) < 4.78 is 13.1. The van der Waals surface area contributed by atoms with Crippen LogP contribution in [0.1, 0.15) is 32.0 Å². The molecule has 0 amide bonds. The number of pyridine rings is 1. The molecule has 3 rings (SSSR count). The van der Waals surface area contributed by atoms with Crippen molar-refractivity contribution in [2.75, 3.05) is 19.5 Å². The number of aromatic nitrogens is 2. The molecular weight excluding hydrogens is 326 g/mol. The molecule has 3 aromatic rings. The molecule has 0 aliphatic carbocycles. The van der Waals surface area contributed by atoms with Crippen molar-refractivity contribution in [2.24, 2.45) is 0 Å². The van der Waals surface area contributed by atoms with Crippen molar-refractivity contribution >= 4 is 11.5 Å². The summed E-state index contributed by atoms with van der Waals surface area (Å²) in [7, 11) is 3.32. The summed E-state index contributed by atoms with van der Waals surface area (Å²) in [4.78, 5) is 4.93. The lowest BCUT2D eigenvalue weighted by molar-refractivity contribution is 0.395. The van der Waals surface area contributed by atoms with Crippen LogP contribution in [0.25, 0.3) is 16.9 Å². The van der Waals surface area contributed by atoms with Crippen molar-refractivity contribution in [3.63, 3.8) is 0 Å². The molecule has 26 heavy (non-hydrogen) atoms. The lowest BCUT2D eigenvalue weighted by atomic mass is 10.1. The molecule has 5 nitrogen and oxygen atoms in total. The number of benzene rings is 1. The fraction of sp³-hybridized carbons (Fsp3) is 0.381. The van der Waals surface area contributed by atoms with Gasteiger partial charge in [-0.2, -0.15) is 0 Å². The molecule has 0 aliphatic rings. The predicted molar refractivity (Wildman–Crippen MR) is 107 cm³/mol. The second-order valence-electron chi connectivity index (χ2n) is 7.62. The SMILES string of the molecule is COc1ccc(-c2nc3cc(C)cc(C)n3c2NC(C)(C)C)c(OC)c1. The van der Waals surface area contributed by atoms with E-state index in [0.29, 0.717) is 0 Å². The zero-order chi connectivity index (χ0) is 19.1. The first-order valence-electron chi connectivity index (χ1n) is 8.74. The molecule has 0 radical (unpaired) electrons. The molecule has 1 aromatic carbocycles.